The first-order valence-electron chi connectivity index (χ1n) is 10.1. The van der Waals surface area contributed by atoms with Gasteiger partial charge in [-0.3, -0.25) is 10.1 Å². The zero-order valence-corrected chi connectivity index (χ0v) is 20.4. The highest BCUT2D eigenvalue weighted by Gasteiger charge is 2.10. The smallest absolute Gasteiger partial charge is 0.250 e. The molecule has 5 nitrogen and oxygen atoms in total. The van der Waals surface area contributed by atoms with Crippen LogP contribution in [0.15, 0.2) is 47.9 Å². The van der Waals surface area contributed by atoms with Crippen molar-refractivity contribution in [2.75, 3.05) is 19.0 Å². The third-order valence-corrected chi connectivity index (χ3v) is 5.81. The van der Waals surface area contributed by atoms with E-state index >= 15 is 0 Å². The summed E-state index contributed by atoms with van der Waals surface area (Å²) in [5.74, 6) is 1.59. The second-order valence-corrected chi connectivity index (χ2v) is 9.13. The van der Waals surface area contributed by atoms with Gasteiger partial charge in [0.15, 0.2) is 16.6 Å². The van der Waals surface area contributed by atoms with Crippen molar-refractivity contribution in [3.05, 3.63) is 63.5 Å². The van der Waals surface area contributed by atoms with Crippen LogP contribution in [0.5, 0.6) is 11.5 Å². The maximum Gasteiger partial charge on any atom is 0.250 e. The third-order valence-electron chi connectivity index (χ3n) is 4.51. The van der Waals surface area contributed by atoms with Crippen LogP contribution < -0.4 is 14.8 Å². The van der Waals surface area contributed by atoms with Crippen LogP contribution >= 0.6 is 34.5 Å². The Bertz CT molecular complexity index is 1110. The van der Waals surface area contributed by atoms with E-state index in [9.17, 15) is 4.79 Å². The van der Waals surface area contributed by atoms with Gasteiger partial charge in [-0.25, -0.2) is 4.98 Å². The van der Waals surface area contributed by atoms with Crippen molar-refractivity contribution in [1.82, 2.24) is 4.98 Å². The van der Waals surface area contributed by atoms with Gasteiger partial charge in [0.1, 0.15) is 0 Å². The molecule has 2 aromatic carbocycles. The number of amides is 1. The molecular weight excluding hydrogens is 467 g/mol. The lowest BCUT2D eigenvalue weighted by molar-refractivity contribution is -0.111. The first-order chi connectivity index (χ1) is 15.4. The fourth-order valence-corrected chi connectivity index (χ4v) is 4.00. The average Bonchev–Trinajstić information content (AvgIpc) is 3.20. The summed E-state index contributed by atoms with van der Waals surface area (Å²) in [6.45, 7) is 4.93. The number of thiazole rings is 1. The van der Waals surface area contributed by atoms with Crippen LogP contribution in [0.1, 0.15) is 25.8 Å². The van der Waals surface area contributed by atoms with Crippen LogP contribution in [0.25, 0.3) is 17.3 Å². The molecule has 0 unspecified atom stereocenters. The largest absolute Gasteiger partial charge is 0.493 e. The molecule has 1 aromatic heterocycles. The highest BCUT2D eigenvalue weighted by molar-refractivity contribution is 7.14. The SMILES string of the molecule is COc1cc(/C=C/C(=O)Nc2nc(-c3ccc(Cl)cc3Cl)cs2)ccc1OCCC(C)C. The Morgan fingerprint density at radius 3 is 2.72 bits per heavy atom. The van der Waals surface area contributed by atoms with E-state index in [0.717, 1.165) is 17.5 Å². The van der Waals surface area contributed by atoms with Crippen LogP contribution in [0.4, 0.5) is 5.13 Å². The number of methoxy groups -OCH3 is 1. The molecule has 8 heteroatoms. The predicted molar refractivity (Wildman–Crippen MR) is 133 cm³/mol. The lowest BCUT2D eigenvalue weighted by Gasteiger charge is -2.12. The van der Waals surface area contributed by atoms with E-state index in [1.54, 1.807) is 31.4 Å². The zero-order chi connectivity index (χ0) is 23.1. The molecule has 1 N–H and O–H groups in total. The van der Waals surface area contributed by atoms with Gasteiger partial charge in [0.25, 0.3) is 0 Å². The maximum absolute atomic E-state index is 12.3. The molecule has 168 valence electrons. The molecule has 0 radical (unpaired) electrons. The van der Waals surface area contributed by atoms with Crippen molar-refractivity contribution >= 4 is 51.7 Å². The molecule has 0 saturated carbocycles. The van der Waals surface area contributed by atoms with Crippen molar-refractivity contribution in [3.63, 3.8) is 0 Å². The lowest BCUT2D eigenvalue weighted by atomic mass is 10.1. The van der Waals surface area contributed by atoms with E-state index in [2.05, 4.69) is 24.1 Å². The zero-order valence-electron chi connectivity index (χ0n) is 18.0. The predicted octanol–water partition coefficient (Wildman–Crippen LogP) is 7.20. The number of ether oxygens (including phenoxy) is 2. The number of anilines is 1. The highest BCUT2D eigenvalue weighted by atomic mass is 35.5. The van der Waals surface area contributed by atoms with E-state index in [1.807, 2.05) is 23.6 Å². The summed E-state index contributed by atoms with van der Waals surface area (Å²) in [4.78, 5) is 16.8. The molecule has 0 saturated heterocycles. The van der Waals surface area contributed by atoms with E-state index in [1.165, 1.54) is 17.4 Å². The van der Waals surface area contributed by atoms with Crippen LogP contribution in [-0.2, 0) is 4.79 Å². The van der Waals surface area contributed by atoms with Crippen molar-refractivity contribution in [1.29, 1.82) is 0 Å². The minimum absolute atomic E-state index is 0.288. The Kier molecular flexibility index (Phi) is 8.56. The Hall–Kier alpha value is -2.54. The number of nitrogens with one attached hydrogen (secondary N) is 1. The number of hydrogen-bond acceptors (Lipinski definition) is 5. The van der Waals surface area contributed by atoms with Crippen LogP contribution in [-0.4, -0.2) is 24.6 Å². The number of nitrogens with zero attached hydrogens (tertiary/aromatic N) is 1. The van der Waals surface area contributed by atoms with Gasteiger partial charge in [-0.05, 0) is 54.3 Å². The van der Waals surface area contributed by atoms with Gasteiger partial charge in [0.2, 0.25) is 5.91 Å². The Balaban J connectivity index is 1.62. The van der Waals surface area contributed by atoms with Crippen molar-refractivity contribution in [2.24, 2.45) is 5.92 Å². The molecule has 0 bridgehead atoms. The molecule has 1 amide bonds. The van der Waals surface area contributed by atoms with Crippen molar-refractivity contribution in [2.45, 2.75) is 20.3 Å². The second kappa shape index (κ2) is 11.4. The minimum atomic E-state index is -0.288. The number of rotatable bonds is 9. The van der Waals surface area contributed by atoms with E-state index < -0.39 is 0 Å². The molecule has 0 atom stereocenters. The molecule has 3 rings (SSSR count). The summed E-state index contributed by atoms with van der Waals surface area (Å²) in [5, 5.41) is 6.14. The van der Waals surface area contributed by atoms with Gasteiger partial charge in [0, 0.05) is 22.0 Å². The molecule has 0 aliphatic heterocycles. The summed E-state index contributed by atoms with van der Waals surface area (Å²) < 4.78 is 11.2. The van der Waals surface area contributed by atoms with Gasteiger partial charge in [0.05, 0.1) is 24.4 Å². The van der Waals surface area contributed by atoms with Gasteiger partial charge >= 0.3 is 0 Å². The topological polar surface area (TPSA) is 60.5 Å². The monoisotopic (exact) mass is 490 g/mol. The Labute approximate surface area is 202 Å². The van der Waals surface area contributed by atoms with Gasteiger partial charge < -0.3 is 9.47 Å². The Morgan fingerprint density at radius 1 is 1.19 bits per heavy atom. The number of carbonyl (C=O) groups excluding carboxylic acids is 1. The van der Waals surface area contributed by atoms with Gasteiger partial charge in [-0.15, -0.1) is 11.3 Å². The van der Waals surface area contributed by atoms with Crippen molar-refractivity contribution < 1.29 is 14.3 Å². The van der Waals surface area contributed by atoms with Crippen LogP contribution in [0.3, 0.4) is 0 Å². The molecule has 0 spiro atoms. The maximum atomic E-state index is 12.3. The molecule has 1 heterocycles. The Morgan fingerprint density at radius 2 is 2.00 bits per heavy atom. The second-order valence-electron chi connectivity index (χ2n) is 7.43. The quantitative estimate of drug-likeness (QED) is 0.322. The molecule has 0 fully saturated rings. The normalized spacial score (nSPS) is 11.2. The fourth-order valence-electron chi connectivity index (χ4n) is 2.78. The van der Waals surface area contributed by atoms with Crippen LogP contribution in [0.2, 0.25) is 10.0 Å². The summed E-state index contributed by atoms with van der Waals surface area (Å²) in [6.07, 6.45) is 4.12. The third kappa shape index (κ3) is 6.73. The van der Waals surface area contributed by atoms with Gasteiger partial charge in [-0.1, -0.05) is 43.1 Å². The van der Waals surface area contributed by atoms with E-state index in [0.29, 0.717) is 44.9 Å². The van der Waals surface area contributed by atoms with Gasteiger partial charge in [-0.2, -0.15) is 0 Å². The number of hydrogen-bond donors (Lipinski definition) is 1. The molecule has 32 heavy (non-hydrogen) atoms. The first kappa shape index (κ1) is 24.1. The highest BCUT2D eigenvalue weighted by Crippen LogP contribution is 2.32. The van der Waals surface area contributed by atoms with Crippen molar-refractivity contribution in [3.8, 4) is 22.8 Å². The number of carbonyl (C=O) groups is 1. The number of benzene rings is 2. The summed E-state index contributed by atoms with van der Waals surface area (Å²) >= 11 is 13.5. The van der Waals surface area contributed by atoms with E-state index in [4.69, 9.17) is 32.7 Å². The number of aromatic nitrogens is 1. The van der Waals surface area contributed by atoms with Crippen LogP contribution in [0, 0.1) is 5.92 Å². The summed E-state index contributed by atoms with van der Waals surface area (Å²) in [7, 11) is 1.60. The molecule has 3 aromatic rings. The lowest BCUT2D eigenvalue weighted by Crippen LogP contribution is -2.07. The molecular formula is C24H24Cl2N2O3S. The standard InChI is InChI=1S/C24H24Cl2N2O3S/c1-15(2)10-11-31-21-8-4-16(12-22(21)30-3)5-9-23(29)28-24-27-20(14-32-24)18-7-6-17(25)13-19(18)26/h4-9,12-15H,10-11H2,1-3H3,(H,27,28,29)/b9-5+. The number of halogens is 2. The molecule has 0 aliphatic rings. The first-order valence-corrected chi connectivity index (χ1v) is 11.7. The van der Waals surface area contributed by atoms with E-state index in [-0.39, 0.29) is 5.91 Å². The average molecular weight is 491 g/mol. The summed E-state index contributed by atoms with van der Waals surface area (Å²) in [5.41, 5.74) is 2.25. The summed E-state index contributed by atoms with van der Waals surface area (Å²) in [6, 6.07) is 10.8. The minimum Gasteiger partial charge on any atom is -0.493 e. The fraction of sp³-hybridized carbons (Fsp3) is 0.250. The molecule has 0 aliphatic carbocycles.